The second-order valence-electron chi connectivity index (χ2n) is 5.22. The summed E-state index contributed by atoms with van der Waals surface area (Å²) in [6, 6.07) is 9.85. The molecule has 0 unspecified atom stereocenters. The largest absolute Gasteiger partial charge is 0.469 e. The van der Waals surface area contributed by atoms with Gasteiger partial charge in [0.05, 0.1) is 19.8 Å². The van der Waals surface area contributed by atoms with Gasteiger partial charge in [-0.2, -0.15) is 0 Å². The Hall–Kier alpha value is -1.68. The fourth-order valence-corrected chi connectivity index (χ4v) is 1.99. The summed E-state index contributed by atoms with van der Waals surface area (Å²) < 4.78 is 10.4. The average molecular weight is 292 g/mol. The molecule has 0 aliphatic heterocycles. The summed E-state index contributed by atoms with van der Waals surface area (Å²) in [5.74, 6) is -0.374. The van der Waals surface area contributed by atoms with Crippen molar-refractivity contribution < 1.29 is 19.1 Å². The molecule has 0 bridgehead atoms. The van der Waals surface area contributed by atoms with Gasteiger partial charge in [-0.05, 0) is 11.5 Å². The van der Waals surface area contributed by atoms with Crippen LogP contribution in [-0.4, -0.2) is 25.0 Å². The molecule has 0 saturated heterocycles. The van der Waals surface area contributed by atoms with Crippen LogP contribution < -0.4 is 0 Å². The summed E-state index contributed by atoms with van der Waals surface area (Å²) in [5, 5.41) is 0. The summed E-state index contributed by atoms with van der Waals surface area (Å²) in [6.45, 7) is 4.59. The van der Waals surface area contributed by atoms with E-state index in [-0.39, 0.29) is 30.6 Å². The second kappa shape index (κ2) is 9.29. The van der Waals surface area contributed by atoms with E-state index < -0.39 is 5.97 Å². The predicted molar refractivity (Wildman–Crippen MR) is 80.7 cm³/mol. The van der Waals surface area contributed by atoms with Crippen LogP contribution >= 0.6 is 0 Å². The normalized spacial score (nSPS) is 13.5. The van der Waals surface area contributed by atoms with Crippen molar-refractivity contribution in [3.63, 3.8) is 0 Å². The number of carbonyl (C=O) groups is 2. The van der Waals surface area contributed by atoms with E-state index in [1.165, 1.54) is 7.11 Å². The summed E-state index contributed by atoms with van der Waals surface area (Å²) in [7, 11) is 1.29. The lowest BCUT2D eigenvalue weighted by Gasteiger charge is -2.23. The number of methoxy groups -OCH3 is 1. The fraction of sp³-hybridized carbons (Fsp3) is 0.529. The molecule has 0 saturated carbocycles. The van der Waals surface area contributed by atoms with Crippen molar-refractivity contribution in [3.8, 4) is 0 Å². The number of Topliss-reactive ketones (excluding diaryl/α,β-unsaturated/α-hetero) is 1. The molecular formula is C17H24O4. The highest BCUT2D eigenvalue weighted by Gasteiger charge is 2.22. The van der Waals surface area contributed by atoms with E-state index >= 15 is 0 Å². The Labute approximate surface area is 126 Å². The third-order valence-corrected chi connectivity index (χ3v) is 3.58. The van der Waals surface area contributed by atoms with Gasteiger partial charge < -0.3 is 9.47 Å². The van der Waals surface area contributed by atoms with Crippen LogP contribution in [0.25, 0.3) is 0 Å². The molecule has 0 heterocycles. The van der Waals surface area contributed by atoms with Crippen LogP contribution in [0.5, 0.6) is 0 Å². The molecule has 4 nitrogen and oxygen atoms in total. The Morgan fingerprint density at radius 2 is 1.86 bits per heavy atom. The molecule has 0 amide bonds. The van der Waals surface area contributed by atoms with Crippen LogP contribution in [-0.2, 0) is 25.7 Å². The number of hydrogen-bond acceptors (Lipinski definition) is 4. The molecule has 1 rings (SSSR count). The molecule has 0 N–H and O–H groups in total. The summed E-state index contributed by atoms with van der Waals surface area (Å²) >= 11 is 0. The Kier molecular flexibility index (Phi) is 7.69. The monoisotopic (exact) mass is 292 g/mol. The molecule has 0 aliphatic rings. The number of hydrogen-bond donors (Lipinski definition) is 0. The minimum atomic E-state index is -0.494. The van der Waals surface area contributed by atoms with Crippen molar-refractivity contribution in [2.45, 2.75) is 45.8 Å². The maximum absolute atomic E-state index is 11.9. The first kappa shape index (κ1) is 17.4. The molecule has 4 heteroatoms. The standard InChI is InChI=1S/C17H24O4/c1-4-13(2)16(10-15(18)11-17(19)20-3)21-12-14-8-6-5-7-9-14/h5-9,13,16H,4,10-12H2,1-3H3/t13-,16-/m0/s1. The maximum atomic E-state index is 11.9. The summed E-state index contributed by atoms with van der Waals surface area (Å²) in [5.41, 5.74) is 1.08. The molecule has 0 spiro atoms. The van der Waals surface area contributed by atoms with Gasteiger partial charge in [-0.25, -0.2) is 0 Å². The van der Waals surface area contributed by atoms with Crippen LogP contribution in [0.15, 0.2) is 30.3 Å². The van der Waals surface area contributed by atoms with E-state index in [4.69, 9.17) is 4.74 Å². The molecule has 116 valence electrons. The highest BCUT2D eigenvalue weighted by molar-refractivity contribution is 5.95. The molecule has 0 fully saturated rings. The van der Waals surface area contributed by atoms with Gasteiger partial charge in [0.2, 0.25) is 0 Å². The van der Waals surface area contributed by atoms with Crippen molar-refractivity contribution in [3.05, 3.63) is 35.9 Å². The number of carbonyl (C=O) groups excluding carboxylic acids is 2. The van der Waals surface area contributed by atoms with Gasteiger partial charge >= 0.3 is 5.97 Å². The lowest BCUT2D eigenvalue weighted by molar-refractivity contribution is -0.144. The van der Waals surface area contributed by atoms with Crippen molar-refractivity contribution in [1.82, 2.24) is 0 Å². The molecule has 0 radical (unpaired) electrons. The van der Waals surface area contributed by atoms with E-state index in [1.54, 1.807) is 0 Å². The quantitative estimate of drug-likeness (QED) is 0.518. The first-order valence-corrected chi connectivity index (χ1v) is 7.30. The molecule has 1 aromatic carbocycles. The first-order chi connectivity index (χ1) is 10.1. The molecule has 21 heavy (non-hydrogen) atoms. The van der Waals surface area contributed by atoms with E-state index in [0.29, 0.717) is 6.61 Å². The van der Waals surface area contributed by atoms with Crippen molar-refractivity contribution in [2.75, 3.05) is 7.11 Å². The topological polar surface area (TPSA) is 52.6 Å². The van der Waals surface area contributed by atoms with Gasteiger partial charge in [-0.3, -0.25) is 9.59 Å². The van der Waals surface area contributed by atoms with Crippen LogP contribution in [0.4, 0.5) is 0 Å². The zero-order valence-corrected chi connectivity index (χ0v) is 13.0. The molecule has 1 aromatic rings. The van der Waals surface area contributed by atoms with Gasteiger partial charge in [-0.1, -0.05) is 50.6 Å². The Morgan fingerprint density at radius 3 is 2.43 bits per heavy atom. The predicted octanol–water partition coefficient (Wildman–Crippen LogP) is 3.14. The number of rotatable bonds is 9. The number of esters is 1. The summed E-state index contributed by atoms with van der Waals surface area (Å²) in [6.07, 6.45) is 0.812. The Morgan fingerprint density at radius 1 is 1.19 bits per heavy atom. The number of benzene rings is 1. The van der Waals surface area contributed by atoms with Crippen LogP contribution in [0.1, 0.15) is 38.7 Å². The lowest BCUT2D eigenvalue weighted by atomic mass is 9.96. The van der Waals surface area contributed by atoms with Gasteiger partial charge in [0.25, 0.3) is 0 Å². The van der Waals surface area contributed by atoms with Crippen molar-refractivity contribution >= 4 is 11.8 Å². The highest BCUT2D eigenvalue weighted by atomic mass is 16.5. The second-order valence-corrected chi connectivity index (χ2v) is 5.22. The third-order valence-electron chi connectivity index (χ3n) is 3.58. The molecule has 2 atom stereocenters. The van der Waals surface area contributed by atoms with Gasteiger partial charge in [0, 0.05) is 6.42 Å². The summed E-state index contributed by atoms with van der Waals surface area (Å²) in [4.78, 5) is 23.0. The van der Waals surface area contributed by atoms with Crippen molar-refractivity contribution in [2.24, 2.45) is 5.92 Å². The highest BCUT2D eigenvalue weighted by Crippen LogP contribution is 2.18. The lowest BCUT2D eigenvalue weighted by Crippen LogP contribution is -2.26. The smallest absolute Gasteiger partial charge is 0.313 e. The minimum Gasteiger partial charge on any atom is -0.469 e. The first-order valence-electron chi connectivity index (χ1n) is 7.30. The van der Waals surface area contributed by atoms with Crippen molar-refractivity contribution in [1.29, 1.82) is 0 Å². The van der Waals surface area contributed by atoms with E-state index in [2.05, 4.69) is 18.6 Å². The van der Waals surface area contributed by atoms with E-state index in [0.717, 1.165) is 12.0 Å². The van der Waals surface area contributed by atoms with Gasteiger partial charge in [0.1, 0.15) is 12.2 Å². The third kappa shape index (κ3) is 6.54. The fourth-order valence-electron chi connectivity index (χ4n) is 1.99. The molecule has 0 aromatic heterocycles. The molecular weight excluding hydrogens is 268 g/mol. The van der Waals surface area contributed by atoms with Crippen LogP contribution in [0.3, 0.4) is 0 Å². The zero-order valence-electron chi connectivity index (χ0n) is 13.0. The SMILES string of the molecule is CC[C@H](C)[C@H](CC(=O)CC(=O)OC)OCc1ccccc1. The van der Waals surface area contributed by atoms with Crippen LogP contribution in [0.2, 0.25) is 0 Å². The van der Waals surface area contributed by atoms with Crippen LogP contribution in [0, 0.1) is 5.92 Å². The van der Waals surface area contributed by atoms with E-state index in [9.17, 15) is 9.59 Å². The van der Waals surface area contributed by atoms with Gasteiger partial charge in [0.15, 0.2) is 0 Å². The Bertz CT molecular complexity index is 441. The minimum absolute atomic E-state index is 0.139. The molecule has 0 aliphatic carbocycles. The van der Waals surface area contributed by atoms with Gasteiger partial charge in [-0.15, -0.1) is 0 Å². The maximum Gasteiger partial charge on any atom is 0.313 e. The van der Waals surface area contributed by atoms with E-state index in [1.807, 2.05) is 30.3 Å². The average Bonchev–Trinajstić information content (AvgIpc) is 2.51. The number of ether oxygens (including phenoxy) is 2. The Balaban J connectivity index is 2.55. The zero-order chi connectivity index (χ0) is 15.7. The number of ketones is 1.